The number of nitrogens with zero attached hydrogens (tertiary/aromatic N) is 3. The molecule has 0 N–H and O–H groups in total. The first-order valence-corrected chi connectivity index (χ1v) is 10.2. The van der Waals surface area contributed by atoms with E-state index in [1.807, 2.05) is 12.1 Å². The molecular formula is C17H22ClN3O4S. The Morgan fingerprint density at radius 3 is 2.69 bits per heavy atom. The molecular weight excluding hydrogens is 378 g/mol. The Morgan fingerprint density at radius 2 is 2.00 bits per heavy atom. The first-order valence-electron chi connectivity index (χ1n) is 8.40. The monoisotopic (exact) mass is 399 g/mol. The quantitative estimate of drug-likeness (QED) is 0.744. The first kappa shape index (κ1) is 19.2. The van der Waals surface area contributed by atoms with E-state index in [1.165, 1.54) is 4.31 Å². The van der Waals surface area contributed by atoms with Gasteiger partial charge in [-0.15, -0.1) is 0 Å². The zero-order chi connectivity index (χ0) is 18.7. The summed E-state index contributed by atoms with van der Waals surface area (Å²) in [5.74, 6) is 0.667. The molecule has 7 nitrogen and oxygen atoms in total. The normalized spacial score (nSPS) is 16.0. The predicted molar refractivity (Wildman–Crippen MR) is 98.2 cm³/mol. The SMILES string of the molecule is Cc1nn(CCOc2cccc(Cl)c2)c(C)c1S(=O)(=O)N1CCOCC1. The molecule has 0 atom stereocenters. The van der Waals surface area contributed by atoms with E-state index in [9.17, 15) is 8.42 Å². The van der Waals surface area contributed by atoms with Crippen LogP contribution >= 0.6 is 11.6 Å². The highest BCUT2D eigenvalue weighted by Gasteiger charge is 2.31. The van der Waals surface area contributed by atoms with E-state index < -0.39 is 10.0 Å². The average Bonchev–Trinajstić information content (AvgIpc) is 2.90. The van der Waals surface area contributed by atoms with Crippen LogP contribution in [-0.2, 0) is 21.3 Å². The molecule has 9 heteroatoms. The van der Waals surface area contributed by atoms with Crippen LogP contribution in [0.15, 0.2) is 29.2 Å². The third-order valence-corrected chi connectivity index (χ3v) is 6.64. The molecule has 0 aliphatic carbocycles. The molecule has 2 aromatic rings. The summed E-state index contributed by atoms with van der Waals surface area (Å²) in [6.45, 7) is 5.85. The first-order chi connectivity index (χ1) is 12.4. The number of hydrogen-bond donors (Lipinski definition) is 0. The molecule has 26 heavy (non-hydrogen) atoms. The minimum atomic E-state index is -3.57. The molecule has 0 amide bonds. The lowest BCUT2D eigenvalue weighted by Gasteiger charge is -2.26. The summed E-state index contributed by atoms with van der Waals surface area (Å²) in [7, 11) is -3.57. The Labute approximate surface area is 158 Å². The molecule has 1 fully saturated rings. The van der Waals surface area contributed by atoms with E-state index in [0.717, 1.165) is 0 Å². The van der Waals surface area contributed by atoms with Gasteiger partial charge >= 0.3 is 0 Å². The fourth-order valence-corrected chi connectivity index (χ4v) is 4.96. The summed E-state index contributed by atoms with van der Waals surface area (Å²) < 4.78 is 39.9. The summed E-state index contributed by atoms with van der Waals surface area (Å²) in [6, 6.07) is 7.14. The van der Waals surface area contributed by atoms with Crippen LogP contribution in [0.25, 0.3) is 0 Å². The Morgan fingerprint density at radius 1 is 1.27 bits per heavy atom. The van der Waals surface area contributed by atoms with Gasteiger partial charge in [-0.25, -0.2) is 8.42 Å². The minimum absolute atomic E-state index is 0.280. The van der Waals surface area contributed by atoms with Gasteiger partial charge < -0.3 is 9.47 Å². The van der Waals surface area contributed by atoms with Crippen molar-refractivity contribution in [2.24, 2.45) is 0 Å². The number of rotatable bonds is 6. The average molecular weight is 400 g/mol. The van der Waals surface area contributed by atoms with Crippen LogP contribution in [0.4, 0.5) is 0 Å². The summed E-state index contributed by atoms with van der Waals surface area (Å²) in [5.41, 5.74) is 1.11. The van der Waals surface area contributed by atoms with Crippen LogP contribution in [0.1, 0.15) is 11.4 Å². The molecule has 1 aliphatic rings. The van der Waals surface area contributed by atoms with Gasteiger partial charge in [-0.1, -0.05) is 17.7 Å². The van der Waals surface area contributed by atoms with Crippen LogP contribution in [-0.4, -0.2) is 55.4 Å². The lowest BCUT2D eigenvalue weighted by molar-refractivity contribution is 0.0730. The molecule has 0 saturated carbocycles. The number of ether oxygens (including phenoxy) is 2. The third kappa shape index (κ3) is 4.03. The van der Waals surface area contributed by atoms with Crippen molar-refractivity contribution in [1.29, 1.82) is 0 Å². The van der Waals surface area contributed by atoms with Crippen LogP contribution in [0, 0.1) is 13.8 Å². The number of benzene rings is 1. The maximum Gasteiger partial charge on any atom is 0.246 e. The molecule has 0 radical (unpaired) electrons. The molecule has 3 rings (SSSR count). The zero-order valence-corrected chi connectivity index (χ0v) is 16.4. The van der Waals surface area contributed by atoms with Crippen molar-refractivity contribution >= 4 is 21.6 Å². The van der Waals surface area contributed by atoms with Crippen LogP contribution < -0.4 is 4.74 Å². The maximum absolute atomic E-state index is 12.9. The van der Waals surface area contributed by atoms with Gasteiger partial charge in [0.25, 0.3) is 0 Å². The fourth-order valence-electron chi connectivity index (χ4n) is 2.99. The van der Waals surface area contributed by atoms with E-state index in [0.29, 0.717) is 61.6 Å². The van der Waals surface area contributed by atoms with Gasteiger partial charge in [0.1, 0.15) is 17.3 Å². The van der Waals surface area contributed by atoms with Gasteiger partial charge in [-0.05, 0) is 32.0 Å². The molecule has 0 spiro atoms. The van der Waals surface area contributed by atoms with E-state index in [2.05, 4.69) is 5.10 Å². The van der Waals surface area contributed by atoms with Gasteiger partial charge in [0.2, 0.25) is 10.0 Å². The van der Waals surface area contributed by atoms with Crippen molar-refractivity contribution < 1.29 is 17.9 Å². The second kappa shape index (κ2) is 7.96. The molecule has 2 heterocycles. The summed E-state index contributed by atoms with van der Waals surface area (Å²) >= 11 is 5.94. The van der Waals surface area contributed by atoms with Gasteiger partial charge in [-0.3, -0.25) is 4.68 Å². The van der Waals surface area contributed by atoms with E-state index >= 15 is 0 Å². The highest BCUT2D eigenvalue weighted by atomic mass is 35.5. The number of halogens is 1. The van der Waals surface area contributed by atoms with Gasteiger partial charge in [-0.2, -0.15) is 9.40 Å². The Hall–Kier alpha value is -1.61. The molecule has 142 valence electrons. The molecule has 1 aromatic carbocycles. The topological polar surface area (TPSA) is 73.7 Å². The minimum Gasteiger partial charge on any atom is -0.492 e. The second-order valence-electron chi connectivity index (χ2n) is 6.05. The highest BCUT2D eigenvalue weighted by molar-refractivity contribution is 7.89. The summed E-state index contributed by atoms with van der Waals surface area (Å²) in [5, 5.41) is 5.00. The highest BCUT2D eigenvalue weighted by Crippen LogP contribution is 2.24. The van der Waals surface area contributed by atoms with Crippen molar-refractivity contribution in [1.82, 2.24) is 14.1 Å². The van der Waals surface area contributed by atoms with Gasteiger partial charge in [0.15, 0.2) is 0 Å². The number of sulfonamides is 1. The largest absolute Gasteiger partial charge is 0.492 e. The summed E-state index contributed by atoms with van der Waals surface area (Å²) in [4.78, 5) is 0.280. The fraction of sp³-hybridized carbons (Fsp3) is 0.471. The van der Waals surface area contributed by atoms with E-state index in [1.54, 1.807) is 30.7 Å². The molecule has 1 aliphatic heterocycles. The Kier molecular flexibility index (Phi) is 5.86. The zero-order valence-electron chi connectivity index (χ0n) is 14.8. The standard InChI is InChI=1S/C17H22ClN3O4S/c1-13-17(26(22,23)20-6-9-24-10-7-20)14(2)21(19-13)8-11-25-16-5-3-4-15(18)12-16/h3-5,12H,6-11H2,1-2H3. The van der Waals surface area contributed by atoms with Crippen molar-refractivity contribution in [3.63, 3.8) is 0 Å². The maximum atomic E-state index is 12.9. The van der Waals surface area contributed by atoms with Crippen molar-refractivity contribution in [3.05, 3.63) is 40.7 Å². The number of aromatic nitrogens is 2. The molecule has 1 saturated heterocycles. The van der Waals surface area contributed by atoms with Crippen LogP contribution in [0.2, 0.25) is 5.02 Å². The second-order valence-corrected chi connectivity index (χ2v) is 8.36. The Bertz CT molecular complexity index is 876. The van der Waals surface area contributed by atoms with Crippen molar-refractivity contribution in [2.75, 3.05) is 32.9 Å². The summed E-state index contributed by atoms with van der Waals surface area (Å²) in [6.07, 6.45) is 0. The lowest BCUT2D eigenvalue weighted by atomic mass is 10.3. The van der Waals surface area contributed by atoms with Crippen molar-refractivity contribution in [2.45, 2.75) is 25.3 Å². The van der Waals surface area contributed by atoms with E-state index in [4.69, 9.17) is 21.1 Å². The van der Waals surface area contributed by atoms with Gasteiger partial charge in [0, 0.05) is 18.1 Å². The van der Waals surface area contributed by atoms with Crippen LogP contribution in [0.5, 0.6) is 5.75 Å². The smallest absolute Gasteiger partial charge is 0.246 e. The number of aryl methyl sites for hydroxylation is 1. The van der Waals surface area contributed by atoms with Gasteiger partial charge in [0.05, 0.1) is 31.1 Å². The molecule has 0 bridgehead atoms. The van der Waals surface area contributed by atoms with Crippen LogP contribution in [0.3, 0.4) is 0 Å². The number of hydrogen-bond acceptors (Lipinski definition) is 5. The molecule has 0 unspecified atom stereocenters. The third-order valence-electron chi connectivity index (χ3n) is 4.25. The van der Waals surface area contributed by atoms with Crippen molar-refractivity contribution in [3.8, 4) is 5.75 Å². The Balaban J connectivity index is 1.73. The van der Waals surface area contributed by atoms with E-state index in [-0.39, 0.29) is 4.90 Å². The number of morpholine rings is 1. The molecule has 1 aromatic heterocycles. The lowest BCUT2D eigenvalue weighted by Crippen LogP contribution is -2.41. The predicted octanol–water partition coefficient (Wildman–Crippen LogP) is 2.25.